The van der Waals surface area contributed by atoms with Gasteiger partial charge in [0.05, 0.1) is 0 Å². The highest BCUT2D eigenvalue weighted by Crippen LogP contribution is 2.36. The molecule has 1 aliphatic rings. The van der Waals surface area contributed by atoms with Gasteiger partial charge in [0.2, 0.25) is 0 Å². The van der Waals surface area contributed by atoms with Crippen LogP contribution in [0.2, 0.25) is 0 Å². The van der Waals surface area contributed by atoms with Crippen LogP contribution in [0.15, 0.2) is 30.3 Å². The van der Waals surface area contributed by atoms with Crippen molar-refractivity contribution in [2.24, 2.45) is 0 Å². The monoisotopic (exact) mass is 381 g/mol. The molecule has 0 saturated carbocycles. The van der Waals surface area contributed by atoms with E-state index in [-0.39, 0.29) is 5.91 Å². The standard InChI is InChI=1S/C17H23N3O3S2/c1-17(2)13(18-15(22)23-12-8-6-5-7-9-12)14(21)20(16(24)25-17)11-10-19(3)4/h5-9,13H,10-11H2,1-4H3,(H,18,22). The number of rotatable bonds is 5. The first kappa shape index (κ1) is 19.7. The molecule has 1 aromatic rings. The van der Waals surface area contributed by atoms with Crippen LogP contribution < -0.4 is 10.1 Å². The minimum absolute atomic E-state index is 0.208. The molecule has 1 atom stereocenters. The zero-order valence-corrected chi connectivity index (χ0v) is 16.4. The van der Waals surface area contributed by atoms with Crippen molar-refractivity contribution in [3.8, 4) is 5.75 Å². The van der Waals surface area contributed by atoms with Crippen molar-refractivity contribution < 1.29 is 14.3 Å². The highest BCUT2D eigenvalue weighted by atomic mass is 32.2. The van der Waals surface area contributed by atoms with E-state index in [1.54, 1.807) is 29.2 Å². The molecule has 0 aromatic heterocycles. The van der Waals surface area contributed by atoms with Gasteiger partial charge in [0, 0.05) is 17.8 Å². The third-order valence-corrected chi connectivity index (χ3v) is 5.39. The lowest BCUT2D eigenvalue weighted by Gasteiger charge is -2.42. The van der Waals surface area contributed by atoms with Crippen LogP contribution in [-0.2, 0) is 4.79 Å². The van der Waals surface area contributed by atoms with Gasteiger partial charge in [-0.1, -0.05) is 42.2 Å². The summed E-state index contributed by atoms with van der Waals surface area (Å²) in [6.07, 6.45) is -0.654. The first-order valence-corrected chi connectivity index (χ1v) is 9.15. The first-order chi connectivity index (χ1) is 11.7. The van der Waals surface area contributed by atoms with E-state index < -0.39 is 16.9 Å². The van der Waals surface area contributed by atoms with E-state index in [2.05, 4.69) is 5.32 Å². The zero-order valence-electron chi connectivity index (χ0n) is 14.8. The smallest absolute Gasteiger partial charge is 0.410 e. The van der Waals surface area contributed by atoms with Gasteiger partial charge in [-0.2, -0.15) is 0 Å². The largest absolute Gasteiger partial charge is 0.413 e. The van der Waals surface area contributed by atoms with E-state index in [1.807, 2.05) is 38.9 Å². The van der Waals surface area contributed by atoms with Crippen LogP contribution in [0.1, 0.15) is 13.8 Å². The lowest BCUT2D eigenvalue weighted by molar-refractivity contribution is -0.130. The summed E-state index contributed by atoms with van der Waals surface area (Å²) in [6, 6.07) is 8.02. The molecule has 2 amide bonds. The maximum Gasteiger partial charge on any atom is 0.413 e. The number of benzene rings is 1. The van der Waals surface area contributed by atoms with Gasteiger partial charge in [-0.25, -0.2) is 4.79 Å². The Morgan fingerprint density at radius 3 is 2.60 bits per heavy atom. The second-order valence-electron chi connectivity index (χ2n) is 6.54. The Morgan fingerprint density at radius 1 is 1.36 bits per heavy atom. The summed E-state index contributed by atoms with van der Waals surface area (Å²) in [5.41, 5.74) is 0. The van der Waals surface area contributed by atoms with Crippen LogP contribution in [0.3, 0.4) is 0 Å². The van der Waals surface area contributed by atoms with Crippen molar-refractivity contribution in [2.45, 2.75) is 24.6 Å². The molecule has 1 heterocycles. The van der Waals surface area contributed by atoms with Gasteiger partial charge in [-0.3, -0.25) is 9.69 Å². The summed E-state index contributed by atoms with van der Waals surface area (Å²) >= 11 is 6.79. The minimum atomic E-state index is -0.720. The molecule has 0 radical (unpaired) electrons. The fraction of sp³-hybridized carbons (Fsp3) is 0.471. The molecule has 0 spiro atoms. The Kier molecular flexibility index (Phi) is 6.42. The lowest BCUT2D eigenvalue weighted by Crippen LogP contribution is -2.63. The fourth-order valence-corrected chi connectivity index (χ4v) is 4.21. The van der Waals surface area contributed by atoms with Gasteiger partial charge in [0.1, 0.15) is 16.1 Å². The molecule has 25 heavy (non-hydrogen) atoms. The number of nitrogens with zero attached hydrogens (tertiary/aromatic N) is 2. The molecule has 1 aromatic carbocycles. The third-order valence-electron chi connectivity index (χ3n) is 3.77. The fourth-order valence-electron chi connectivity index (χ4n) is 2.36. The van der Waals surface area contributed by atoms with Gasteiger partial charge >= 0.3 is 6.09 Å². The molecule has 1 unspecified atom stereocenters. The summed E-state index contributed by atoms with van der Waals surface area (Å²) in [5, 5.41) is 2.70. The van der Waals surface area contributed by atoms with Crippen molar-refractivity contribution in [3.05, 3.63) is 30.3 Å². The predicted octanol–water partition coefficient (Wildman–Crippen LogP) is 2.34. The minimum Gasteiger partial charge on any atom is -0.410 e. The Bertz CT molecular complexity index is 650. The number of amides is 2. The summed E-state index contributed by atoms with van der Waals surface area (Å²) < 4.78 is 5.22. The number of hydrogen-bond donors (Lipinski definition) is 1. The maximum atomic E-state index is 12.9. The topological polar surface area (TPSA) is 61.9 Å². The van der Waals surface area contributed by atoms with E-state index in [0.29, 0.717) is 23.2 Å². The number of ether oxygens (including phenoxy) is 1. The number of nitrogens with one attached hydrogen (secondary N) is 1. The van der Waals surface area contributed by atoms with Crippen molar-refractivity contribution in [1.82, 2.24) is 15.1 Å². The van der Waals surface area contributed by atoms with E-state index >= 15 is 0 Å². The van der Waals surface area contributed by atoms with Crippen LogP contribution in [0.5, 0.6) is 5.75 Å². The average molecular weight is 382 g/mol. The van der Waals surface area contributed by atoms with Gasteiger partial charge in [-0.05, 0) is 40.1 Å². The van der Waals surface area contributed by atoms with E-state index in [1.165, 1.54) is 11.8 Å². The van der Waals surface area contributed by atoms with Gasteiger partial charge in [0.25, 0.3) is 5.91 Å². The third kappa shape index (κ3) is 5.17. The van der Waals surface area contributed by atoms with Crippen molar-refractivity contribution in [1.29, 1.82) is 0 Å². The molecule has 1 N–H and O–H groups in total. The summed E-state index contributed by atoms with van der Waals surface area (Å²) in [6.45, 7) is 4.95. The number of thiocarbonyl (C=S) groups is 1. The Hall–Kier alpha value is -1.64. The molecule has 1 fully saturated rings. The van der Waals surface area contributed by atoms with Gasteiger partial charge in [0.15, 0.2) is 0 Å². The quantitative estimate of drug-likeness (QED) is 0.790. The predicted molar refractivity (Wildman–Crippen MR) is 104 cm³/mol. The number of para-hydroxylation sites is 1. The van der Waals surface area contributed by atoms with Crippen molar-refractivity contribution >= 4 is 40.3 Å². The number of likely N-dealkylation sites (N-methyl/N-ethyl adjacent to an activating group) is 1. The van der Waals surface area contributed by atoms with E-state index in [0.717, 1.165) is 0 Å². The summed E-state index contributed by atoms with van der Waals surface area (Å²) in [4.78, 5) is 28.6. The SMILES string of the molecule is CN(C)CCN1C(=O)C(NC(=O)Oc2ccccc2)C(C)(C)SC1=S. The van der Waals surface area contributed by atoms with Crippen molar-refractivity contribution in [3.63, 3.8) is 0 Å². The van der Waals surface area contributed by atoms with Crippen molar-refractivity contribution in [2.75, 3.05) is 27.2 Å². The Balaban J connectivity index is 2.09. The molecule has 0 bridgehead atoms. The highest BCUT2D eigenvalue weighted by Gasteiger charge is 2.46. The first-order valence-electron chi connectivity index (χ1n) is 7.93. The summed E-state index contributed by atoms with van der Waals surface area (Å²) in [5.74, 6) is 0.217. The molecule has 0 aliphatic carbocycles. The molecule has 8 heteroatoms. The Morgan fingerprint density at radius 2 is 2.00 bits per heavy atom. The molecule has 2 rings (SSSR count). The number of thioether (sulfide) groups is 1. The molecule has 1 saturated heterocycles. The molecular weight excluding hydrogens is 358 g/mol. The van der Waals surface area contributed by atoms with Crippen LogP contribution in [0.25, 0.3) is 0 Å². The van der Waals surface area contributed by atoms with E-state index in [9.17, 15) is 9.59 Å². The highest BCUT2D eigenvalue weighted by molar-refractivity contribution is 8.24. The van der Waals surface area contributed by atoms with Gasteiger partial charge < -0.3 is 15.0 Å². The number of carbonyl (C=O) groups excluding carboxylic acids is 2. The molecule has 136 valence electrons. The normalized spacial score (nSPS) is 19.9. The molecule has 6 nitrogen and oxygen atoms in total. The maximum absolute atomic E-state index is 12.9. The Labute approximate surface area is 157 Å². The summed E-state index contributed by atoms with van der Waals surface area (Å²) in [7, 11) is 3.86. The molecule has 1 aliphatic heterocycles. The molecular formula is C17H23N3O3S2. The average Bonchev–Trinajstić information content (AvgIpc) is 2.51. The van der Waals surface area contributed by atoms with Gasteiger partial charge in [-0.15, -0.1) is 0 Å². The number of carbonyl (C=O) groups is 2. The van der Waals surface area contributed by atoms with Crippen LogP contribution >= 0.6 is 24.0 Å². The number of hydrogen-bond acceptors (Lipinski definition) is 6. The second-order valence-corrected chi connectivity index (χ2v) is 8.83. The van der Waals surface area contributed by atoms with E-state index in [4.69, 9.17) is 17.0 Å². The zero-order chi connectivity index (χ0) is 18.6. The second kappa shape index (κ2) is 8.16. The van der Waals surface area contributed by atoms with Crippen LogP contribution in [-0.4, -0.2) is 64.1 Å². The lowest BCUT2D eigenvalue weighted by atomic mass is 10.0. The van der Waals surface area contributed by atoms with Crippen LogP contribution in [0.4, 0.5) is 4.79 Å². The van der Waals surface area contributed by atoms with Crippen LogP contribution in [0, 0.1) is 0 Å².